The molecule has 0 heterocycles. The number of amides is 2. The number of non-ortho nitro benzene ring substituents is 1. The van der Waals surface area contributed by atoms with Crippen molar-refractivity contribution in [2.24, 2.45) is 5.10 Å². The van der Waals surface area contributed by atoms with Crippen molar-refractivity contribution in [3.05, 3.63) is 135 Å². The zero-order valence-corrected chi connectivity index (χ0v) is 19.7. The molecule has 0 spiro atoms. The molecule has 0 fully saturated rings. The second-order valence-corrected chi connectivity index (χ2v) is 7.80. The molecule has 2 amide bonds. The normalized spacial score (nSPS) is 10.5. The lowest BCUT2D eigenvalue weighted by Crippen LogP contribution is -2.21. The van der Waals surface area contributed by atoms with Crippen LogP contribution in [0.3, 0.4) is 0 Å². The third-order valence-electron chi connectivity index (χ3n) is 5.26. The molecule has 4 rings (SSSR count). The number of carbonyl (C=O) groups excluding carboxylic acids is 3. The van der Waals surface area contributed by atoms with Crippen LogP contribution < -0.4 is 15.5 Å². The largest absolute Gasteiger partial charge is 0.422 e. The van der Waals surface area contributed by atoms with Gasteiger partial charge in [-0.1, -0.05) is 42.5 Å². The lowest BCUT2D eigenvalue weighted by Gasteiger charge is -2.10. The third kappa shape index (κ3) is 6.32. The number of hydrogen-bond donors (Lipinski definition) is 2. The number of nitrogens with one attached hydrogen (secondary N) is 2. The molecule has 0 aliphatic heterocycles. The topological polar surface area (TPSA) is 140 Å². The van der Waals surface area contributed by atoms with Gasteiger partial charge < -0.3 is 10.1 Å². The average molecular weight is 508 g/mol. The van der Waals surface area contributed by atoms with Crippen molar-refractivity contribution < 1.29 is 24.0 Å². The molecule has 4 aromatic carbocycles. The Morgan fingerprint density at radius 2 is 1.42 bits per heavy atom. The molecule has 0 atom stereocenters. The minimum atomic E-state index is -0.598. The molecule has 188 valence electrons. The number of benzene rings is 4. The number of nitrogens with zero attached hydrogens (tertiary/aromatic N) is 2. The van der Waals surface area contributed by atoms with E-state index in [-0.39, 0.29) is 28.3 Å². The van der Waals surface area contributed by atoms with Gasteiger partial charge in [0.25, 0.3) is 17.5 Å². The number of nitro groups is 1. The Balaban J connectivity index is 1.44. The number of rotatable bonds is 8. The summed E-state index contributed by atoms with van der Waals surface area (Å²) in [5.41, 5.74) is 3.65. The number of esters is 1. The van der Waals surface area contributed by atoms with E-state index in [0.717, 1.165) is 0 Å². The highest BCUT2D eigenvalue weighted by Gasteiger charge is 2.15. The summed E-state index contributed by atoms with van der Waals surface area (Å²) in [5, 5.41) is 17.4. The fraction of sp³-hybridized carbons (Fsp3) is 0. The van der Waals surface area contributed by atoms with E-state index < -0.39 is 22.7 Å². The second-order valence-electron chi connectivity index (χ2n) is 7.80. The van der Waals surface area contributed by atoms with Crippen LogP contribution in [0.25, 0.3) is 0 Å². The van der Waals surface area contributed by atoms with Gasteiger partial charge in [-0.25, -0.2) is 10.2 Å². The molecule has 0 aliphatic rings. The Kier molecular flexibility index (Phi) is 7.95. The fourth-order valence-corrected chi connectivity index (χ4v) is 3.35. The summed E-state index contributed by atoms with van der Waals surface area (Å²) in [5.74, 6) is -1.42. The van der Waals surface area contributed by atoms with Crippen molar-refractivity contribution in [1.29, 1.82) is 0 Å². The highest BCUT2D eigenvalue weighted by molar-refractivity contribution is 6.09. The molecule has 0 bridgehead atoms. The van der Waals surface area contributed by atoms with Crippen molar-refractivity contribution in [2.45, 2.75) is 0 Å². The Morgan fingerprint density at radius 3 is 2.16 bits per heavy atom. The quantitative estimate of drug-likeness (QED) is 0.115. The number of para-hydroxylation sites is 2. The average Bonchev–Trinajstić information content (AvgIpc) is 2.94. The van der Waals surface area contributed by atoms with E-state index in [4.69, 9.17) is 4.74 Å². The van der Waals surface area contributed by atoms with Crippen LogP contribution in [0.2, 0.25) is 0 Å². The third-order valence-corrected chi connectivity index (χ3v) is 5.26. The van der Waals surface area contributed by atoms with Crippen LogP contribution in [0.4, 0.5) is 11.4 Å². The van der Waals surface area contributed by atoms with Gasteiger partial charge in [-0.15, -0.1) is 0 Å². The molecule has 0 aliphatic carbocycles. The van der Waals surface area contributed by atoms with Gasteiger partial charge in [0, 0.05) is 23.3 Å². The number of hydrogen-bond acceptors (Lipinski definition) is 7. The summed E-state index contributed by atoms with van der Waals surface area (Å²) in [7, 11) is 0. The van der Waals surface area contributed by atoms with Gasteiger partial charge in [0.05, 0.1) is 28.0 Å². The van der Waals surface area contributed by atoms with Gasteiger partial charge >= 0.3 is 5.97 Å². The van der Waals surface area contributed by atoms with Gasteiger partial charge in [0.1, 0.15) is 5.75 Å². The molecular formula is C28H20N4O6. The Morgan fingerprint density at radius 1 is 0.763 bits per heavy atom. The van der Waals surface area contributed by atoms with E-state index in [1.54, 1.807) is 72.8 Å². The fourth-order valence-electron chi connectivity index (χ4n) is 3.35. The van der Waals surface area contributed by atoms with E-state index in [9.17, 15) is 24.5 Å². The van der Waals surface area contributed by atoms with Crippen LogP contribution in [0.15, 0.2) is 108 Å². The van der Waals surface area contributed by atoms with Crippen molar-refractivity contribution in [3.63, 3.8) is 0 Å². The molecule has 4 aromatic rings. The van der Waals surface area contributed by atoms with Crippen LogP contribution in [-0.4, -0.2) is 28.9 Å². The molecule has 0 radical (unpaired) electrons. The van der Waals surface area contributed by atoms with Gasteiger partial charge in [-0.3, -0.25) is 19.7 Å². The summed E-state index contributed by atoms with van der Waals surface area (Å²) >= 11 is 0. The lowest BCUT2D eigenvalue weighted by atomic mass is 10.1. The van der Waals surface area contributed by atoms with E-state index in [2.05, 4.69) is 15.8 Å². The lowest BCUT2D eigenvalue weighted by molar-refractivity contribution is -0.384. The number of hydrazone groups is 1. The maximum Gasteiger partial charge on any atom is 0.343 e. The van der Waals surface area contributed by atoms with Gasteiger partial charge in [-0.05, 0) is 48.5 Å². The number of nitro benzene ring substituents is 1. The first-order chi connectivity index (χ1) is 18.4. The van der Waals surface area contributed by atoms with Gasteiger partial charge in [0.2, 0.25) is 0 Å². The predicted molar refractivity (Wildman–Crippen MR) is 140 cm³/mol. The monoisotopic (exact) mass is 508 g/mol. The molecule has 0 aromatic heterocycles. The zero-order valence-electron chi connectivity index (χ0n) is 19.7. The smallest absolute Gasteiger partial charge is 0.343 e. The van der Waals surface area contributed by atoms with Gasteiger partial charge in [-0.2, -0.15) is 5.10 Å². The number of carbonyl (C=O) groups is 3. The van der Waals surface area contributed by atoms with Crippen LogP contribution in [0, 0.1) is 10.1 Å². The molecule has 0 saturated heterocycles. The highest BCUT2D eigenvalue weighted by atomic mass is 16.6. The summed E-state index contributed by atoms with van der Waals surface area (Å²) in [6.45, 7) is 0. The molecule has 10 nitrogen and oxygen atoms in total. The minimum Gasteiger partial charge on any atom is -0.422 e. The maximum absolute atomic E-state index is 12.8. The maximum atomic E-state index is 12.8. The molecular weight excluding hydrogens is 488 g/mol. The Hall–Kier alpha value is -5.64. The predicted octanol–water partition coefficient (Wildman–Crippen LogP) is 4.83. The summed E-state index contributed by atoms with van der Waals surface area (Å²) in [6.07, 6.45) is 1.34. The highest BCUT2D eigenvalue weighted by Crippen LogP contribution is 2.19. The molecule has 0 unspecified atom stereocenters. The molecule has 2 N–H and O–H groups in total. The van der Waals surface area contributed by atoms with Crippen molar-refractivity contribution in [2.75, 3.05) is 5.32 Å². The van der Waals surface area contributed by atoms with Crippen molar-refractivity contribution in [1.82, 2.24) is 5.43 Å². The van der Waals surface area contributed by atoms with Crippen LogP contribution >= 0.6 is 0 Å². The van der Waals surface area contributed by atoms with Crippen molar-refractivity contribution >= 4 is 35.4 Å². The standard InChI is InChI=1S/C28H20N4O6/c33-26(19-14-16-22(17-15-19)32(36)37)30-24-12-6-5-11-23(24)27(34)31-29-18-21-10-4-7-13-25(21)38-28(35)20-8-2-1-3-9-20/h1-18H,(H,30,33)(H,31,34)/b29-18-. The van der Waals surface area contributed by atoms with Crippen LogP contribution in [0.1, 0.15) is 36.6 Å². The van der Waals surface area contributed by atoms with E-state index in [1.807, 2.05) is 0 Å². The Labute approximate surface area is 216 Å². The van der Waals surface area contributed by atoms with Crippen molar-refractivity contribution in [3.8, 4) is 5.75 Å². The zero-order chi connectivity index (χ0) is 26.9. The molecule has 10 heteroatoms. The number of anilines is 1. The summed E-state index contributed by atoms with van der Waals surface area (Å²) < 4.78 is 5.47. The first-order valence-electron chi connectivity index (χ1n) is 11.3. The summed E-state index contributed by atoms with van der Waals surface area (Å²) in [6, 6.07) is 26.6. The van der Waals surface area contributed by atoms with Gasteiger partial charge in [0.15, 0.2) is 0 Å². The first-order valence-corrected chi connectivity index (χ1v) is 11.3. The van der Waals surface area contributed by atoms with E-state index in [1.165, 1.54) is 36.5 Å². The Bertz CT molecular complexity index is 1520. The SMILES string of the molecule is O=C(Nc1ccccc1C(=O)N/N=C\c1ccccc1OC(=O)c1ccccc1)c1ccc([N+](=O)[O-])cc1. The molecule has 38 heavy (non-hydrogen) atoms. The van der Waals surface area contributed by atoms with Crippen LogP contribution in [-0.2, 0) is 0 Å². The summed E-state index contributed by atoms with van der Waals surface area (Å²) in [4.78, 5) is 48.1. The minimum absolute atomic E-state index is 0.142. The van der Waals surface area contributed by atoms with E-state index in [0.29, 0.717) is 11.1 Å². The second kappa shape index (κ2) is 11.9. The first kappa shape index (κ1) is 25.5. The molecule has 0 saturated carbocycles. The van der Waals surface area contributed by atoms with Crippen LogP contribution in [0.5, 0.6) is 5.75 Å². The van der Waals surface area contributed by atoms with E-state index >= 15 is 0 Å². The number of ether oxygens (including phenoxy) is 1.